The van der Waals surface area contributed by atoms with E-state index in [-0.39, 0.29) is 24.4 Å². The number of anilines is 1. The number of nitrogens with two attached hydrogens (primary N) is 1. The summed E-state index contributed by atoms with van der Waals surface area (Å²) in [6, 6.07) is 4.50. The Bertz CT molecular complexity index is 765. The fourth-order valence-corrected chi connectivity index (χ4v) is 4.79. The number of hydrogen-bond donors (Lipinski definition) is 2. The molecule has 8 heteroatoms. The van der Waals surface area contributed by atoms with E-state index in [2.05, 4.69) is 5.32 Å². The molecule has 0 unspecified atom stereocenters. The molecule has 1 aromatic carbocycles. The molecule has 1 fully saturated rings. The van der Waals surface area contributed by atoms with E-state index in [1.807, 2.05) is 6.92 Å². The van der Waals surface area contributed by atoms with Crippen molar-refractivity contribution in [1.29, 1.82) is 0 Å². The van der Waals surface area contributed by atoms with Crippen molar-refractivity contribution in [2.45, 2.75) is 51.4 Å². The molecule has 1 saturated heterocycles. The van der Waals surface area contributed by atoms with Crippen LogP contribution in [0.5, 0.6) is 0 Å². The maximum Gasteiger partial charge on any atom is 0.413 e. The van der Waals surface area contributed by atoms with Crippen LogP contribution in [-0.2, 0) is 15.0 Å². The molecule has 0 saturated carbocycles. The molecule has 27 heavy (non-hydrogen) atoms. The number of thioether (sulfide) groups is 1. The Morgan fingerprint density at radius 1 is 1.52 bits per heavy atom. The van der Waals surface area contributed by atoms with Crippen molar-refractivity contribution in [3.63, 3.8) is 0 Å². The largest absolute Gasteiger partial charge is 0.444 e. The summed E-state index contributed by atoms with van der Waals surface area (Å²) in [5.41, 5.74) is 5.27. The molecule has 0 aliphatic carbocycles. The van der Waals surface area contributed by atoms with Gasteiger partial charge in [-0.25, -0.2) is 14.2 Å². The summed E-state index contributed by atoms with van der Waals surface area (Å²) in [5, 5.41) is 3.10. The van der Waals surface area contributed by atoms with E-state index < -0.39 is 17.2 Å². The Morgan fingerprint density at radius 3 is 2.93 bits per heavy atom. The number of benzene rings is 1. The van der Waals surface area contributed by atoms with Crippen LogP contribution in [0.15, 0.2) is 23.2 Å². The Morgan fingerprint density at radius 2 is 2.26 bits per heavy atom. The fraction of sp³-hybridized carbons (Fsp3) is 0.579. The SMILES string of the molecule is CC[C@H]1OC[C@]2(c3cc(N)ccc3F)N=C(NC(=O)OC(C)(C)C)SC[C@H]12. The van der Waals surface area contributed by atoms with Gasteiger partial charge in [-0.3, -0.25) is 5.32 Å². The van der Waals surface area contributed by atoms with Gasteiger partial charge in [0.1, 0.15) is 17.0 Å². The summed E-state index contributed by atoms with van der Waals surface area (Å²) in [6.45, 7) is 7.66. The highest BCUT2D eigenvalue weighted by molar-refractivity contribution is 8.13. The predicted octanol–water partition coefficient (Wildman–Crippen LogP) is 3.66. The molecule has 1 amide bonds. The number of nitrogen functional groups attached to an aromatic ring is 1. The van der Waals surface area contributed by atoms with Crippen LogP contribution in [0.3, 0.4) is 0 Å². The molecule has 6 nitrogen and oxygen atoms in total. The first-order valence-corrected chi connectivity index (χ1v) is 10.0. The van der Waals surface area contributed by atoms with Crippen LogP contribution < -0.4 is 11.1 Å². The quantitative estimate of drug-likeness (QED) is 0.747. The van der Waals surface area contributed by atoms with Gasteiger partial charge in [-0.2, -0.15) is 0 Å². The number of ether oxygens (including phenoxy) is 2. The van der Waals surface area contributed by atoms with E-state index in [1.165, 1.54) is 23.9 Å². The van der Waals surface area contributed by atoms with Gasteiger partial charge in [0.05, 0.1) is 12.7 Å². The summed E-state index contributed by atoms with van der Waals surface area (Å²) in [4.78, 5) is 16.9. The first-order valence-electron chi connectivity index (χ1n) is 9.04. The summed E-state index contributed by atoms with van der Waals surface area (Å²) in [7, 11) is 0. The van der Waals surface area contributed by atoms with E-state index in [0.717, 1.165) is 6.42 Å². The number of nitrogens with one attached hydrogen (secondary N) is 1. The van der Waals surface area contributed by atoms with Crippen molar-refractivity contribution in [2.75, 3.05) is 18.1 Å². The van der Waals surface area contributed by atoms with Crippen molar-refractivity contribution >= 4 is 28.7 Å². The number of carbonyl (C=O) groups is 1. The van der Waals surface area contributed by atoms with Crippen LogP contribution in [0.2, 0.25) is 0 Å². The van der Waals surface area contributed by atoms with Crippen molar-refractivity contribution in [3.8, 4) is 0 Å². The van der Waals surface area contributed by atoms with Crippen molar-refractivity contribution < 1.29 is 18.7 Å². The van der Waals surface area contributed by atoms with Crippen LogP contribution >= 0.6 is 11.8 Å². The number of hydrogen-bond acceptors (Lipinski definition) is 6. The molecule has 0 aromatic heterocycles. The number of halogens is 1. The van der Waals surface area contributed by atoms with Crippen LogP contribution in [0, 0.1) is 11.7 Å². The Kier molecular flexibility index (Phi) is 5.40. The minimum Gasteiger partial charge on any atom is -0.444 e. The minimum atomic E-state index is -0.907. The number of nitrogens with zero attached hydrogens (tertiary/aromatic N) is 1. The number of fused-ring (bicyclic) bond motifs is 1. The second kappa shape index (κ2) is 7.31. The first-order chi connectivity index (χ1) is 12.6. The lowest BCUT2D eigenvalue weighted by Crippen LogP contribution is -2.45. The highest BCUT2D eigenvalue weighted by Gasteiger charge is 2.53. The Balaban J connectivity index is 1.98. The number of amides is 1. The topological polar surface area (TPSA) is 85.9 Å². The number of rotatable bonds is 2. The van der Waals surface area contributed by atoms with Gasteiger partial charge in [0.25, 0.3) is 0 Å². The Labute approximate surface area is 163 Å². The fourth-order valence-electron chi connectivity index (χ4n) is 3.58. The van der Waals surface area contributed by atoms with E-state index in [4.69, 9.17) is 20.2 Å². The third-order valence-corrected chi connectivity index (χ3v) is 5.74. The van der Waals surface area contributed by atoms with Gasteiger partial charge in [0.15, 0.2) is 5.17 Å². The average Bonchev–Trinajstić information content (AvgIpc) is 2.94. The van der Waals surface area contributed by atoms with E-state index in [1.54, 1.807) is 26.8 Å². The summed E-state index contributed by atoms with van der Waals surface area (Å²) < 4.78 is 26.0. The van der Waals surface area contributed by atoms with E-state index in [0.29, 0.717) is 22.2 Å². The smallest absolute Gasteiger partial charge is 0.413 e. The second-order valence-corrected chi connectivity index (χ2v) is 8.89. The van der Waals surface area contributed by atoms with E-state index >= 15 is 0 Å². The Hall–Kier alpha value is -1.80. The zero-order valence-corrected chi connectivity index (χ0v) is 16.9. The minimum absolute atomic E-state index is 0.00649. The van der Waals surface area contributed by atoms with Crippen molar-refractivity contribution in [3.05, 3.63) is 29.6 Å². The molecule has 0 spiro atoms. The molecule has 148 valence electrons. The zero-order chi connectivity index (χ0) is 19.8. The highest BCUT2D eigenvalue weighted by Crippen LogP contribution is 2.49. The predicted molar refractivity (Wildman–Crippen MR) is 105 cm³/mol. The van der Waals surface area contributed by atoms with E-state index in [9.17, 15) is 9.18 Å². The molecular weight excluding hydrogens is 369 g/mol. The van der Waals surface area contributed by atoms with Crippen LogP contribution in [0.25, 0.3) is 0 Å². The molecule has 2 aliphatic rings. The van der Waals surface area contributed by atoms with Crippen molar-refractivity contribution in [1.82, 2.24) is 5.32 Å². The third kappa shape index (κ3) is 4.06. The van der Waals surface area contributed by atoms with Crippen molar-refractivity contribution in [2.24, 2.45) is 10.9 Å². The standard InChI is InChI=1S/C19H26FN3O3S/c1-5-15-13-9-27-16(22-17(24)26-18(2,3)4)23-19(13,10-25-15)12-8-11(21)6-7-14(12)20/h6-8,13,15H,5,9-10,21H2,1-4H3,(H,22,23,24)/t13-,15-,19-/m1/s1. The van der Waals surface area contributed by atoms with Gasteiger partial charge in [0, 0.05) is 22.9 Å². The monoisotopic (exact) mass is 395 g/mol. The summed E-state index contributed by atoms with van der Waals surface area (Å²) >= 11 is 1.42. The van der Waals surface area contributed by atoms with Gasteiger partial charge >= 0.3 is 6.09 Å². The molecule has 3 rings (SSSR count). The number of amidine groups is 1. The molecule has 3 atom stereocenters. The number of alkyl carbamates (subject to hydrolysis) is 1. The van der Waals surface area contributed by atoms with Gasteiger partial charge in [-0.05, 0) is 45.4 Å². The second-order valence-electron chi connectivity index (χ2n) is 7.88. The van der Waals surface area contributed by atoms with Gasteiger partial charge in [-0.15, -0.1) is 0 Å². The highest BCUT2D eigenvalue weighted by atomic mass is 32.2. The zero-order valence-electron chi connectivity index (χ0n) is 16.0. The lowest BCUT2D eigenvalue weighted by molar-refractivity contribution is 0.0564. The van der Waals surface area contributed by atoms with Gasteiger partial charge in [-0.1, -0.05) is 18.7 Å². The van der Waals surface area contributed by atoms with Crippen LogP contribution in [0.4, 0.5) is 14.9 Å². The normalized spacial score (nSPS) is 27.7. The average molecular weight is 396 g/mol. The lowest BCUT2D eigenvalue weighted by atomic mass is 9.78. The third-order valence-electron chi connectivity index (χ3n) is 4.75. The summed E-state index contributed by atoms with van der Waals surface area (Å²) in [5.74, 6) is 0.274. The van der Waals surface area contributed by atoms with Crippen LogP contribution in [0.1, 0.15) is 39.7 Å². The maximum absolute atomic E-state index is 14.7. The summed E-state index contributed by atoms with van der Waals surface area (Å²) in [6.07, 6.45) is 0.202. The first kappa shape index (κ1) is 19.9. The van der Waals surface area contributed by atoms with Crippen LogP contribution in [-0.4, -0.2) is 35.3 Å². The molecule has 2 heterocycles. The molecule has 1 aromatic rings. The number of carbonyl (C=O) groups excluding carboxylic acids is 1. The lowest BCUT2D eigenvalue weighted by Gasteiger charge is -2.36. The molecule has 0 bridgehead atoms. The molecule has 2 aliphatic heterocycles. The van der Waals surface area contributed by atoms with Gasteiger partial charge < -0.3 is 15.2 Å². The molecule has 3 N–H and O–H groups in total. The molecule has 0 radical (unpaired) electrons. The maximum atomic E-state index is 14.7. The molecular formula is C19H26FN3O3S. The number of aliphatic imine (C=N–C) groups is 1. The van der Waals surface area contributed by atoms with Gasteiger partial charge in [0.2, 0.25) is 0 Å².